The molecule has 126 valence electrons. The van der Waals surface area contributed by atoms with Gasteiger partial charge in [-0.3, -0.25) is 4.79 Å². The minimum Gasteiger partial charge on any atom is -0.493 e. The highest BCUT2D eigenvalue weighted by atomic mass is 16.5. The number of hydrogen-bond acceptors (Lipinski definition) is 4. The Bertz CT molecular complexity index is 525. The van der Waals surface area contributed by atoms with Crippen LogP contribution in [-0.4, -0.2) is 30.4 Å². The molecule has 3 rings (SSSR count). The van der Waals surface area contributed by atoms with Gasteiger partial charge in [0.05, 0.1) is 25.2 Å². The summed E-state index contributed by atoms with van der Waals surface area (Å²) in [5.41, 5.74) is 1.28. The van der Waals surface area contributed by atoms with E-state index in [1.54, 1.807) is 0 Å². The van der Waals surface area contributed by atoms with Crippen molar-refractivity contribution >= 4 is 5.97 Å². The van der Waals surface area contributed by atoms with Gasteiger partial charge in [-0.05, 0) is 56.2 Å². The molecule has 0 spiro atoms. The van der Waals surface area contributed by atoms with E-state index >= 15 is 0 Å². The number of carbonyl (C=O) groups excluding carboxylic acids is 1. The summed E-state index contributed by atoms with van der Waals surface area (Å²) in [5, 5.41) is 9.79. The predicted octanol–water partition coefficient (Wildman–Crippen LogP) is 3.28. The summed E-state index contributed by atoms with van der Waals surface area (Å²) in [6.07, 6.45) is 4.77. The zero-order valence-corrected chi connectivity index (χ0v) is 13.7. The SMILES string of the molecule is CCOC(=O)[C@H]1C[C@@H]1COc1ccc(C2CCCC(O)C2)cc1. The summed E-state index contributed by atoms with van der Waals surface area (Å²) in [6, 6.07) is 8.21. The van der Waals surface area contributed by atoms with Crippen LogP contribution in [-0.2, 0) is 9.53 Å². The van der Waals surface area contributed by atoms with Gasteiger partial charge in [0.25, 0.3) is 0 Å². The molecular formula is C19H26O4. The standard InChI is InChI=1S/C19H26O4/c1-2-22-19(21)18-11-15(18)12-23-17-8-6-13(7-9-17)14-4-3-5-16(20)10-14/h6-9,14-16,18,20H,2-5,10-12H2,1H3/t14?,15-,16?,18+/m1/s1. The molecule has 0 amide bonds. The summed E-state index contributed by atoms with van der Waals surface area (Å²) >= 11 is 0. The maximum atomic E-state index is 11.6. The number of hydrogen-bond donors (Lipinski definition) is 1. The third-order valence-electron chi connectivity index (χ3n) is 4.97. The molecule has 2 fully saturated rings. The van der Waals surface area contributed by atoms with E-state index in [1.165, 1.54) is 5.56 Å². The average molecular weight is 318 g/mol. The fourth-order valence-electron chi connectivity index (χ4n) is 3.48. The van der Waals surface area contributed by atoms with Crippen molar-refractivity contribution in [3.05, 3.63) is 29.8 Å². The van der Waals surface area contributed by atoms with E-state index in [0.29, 0.717) is 25.0 Å². The van der Waals surface area contributed by atoms with Crippen molar-refractivity contribution in [3.8, 4) is 5.75 Å². The lowest BCUT2D eigenvalue weighted by Gasteiger charge is -2.26. The fraction of sp³-hybridized carbons (Fsp3) is 0.632. The topological polar surface area (TPSA) is 55.8 Å². The van der Waals surface area contributed by atoms with Crippen LogP contribution in [0.1, 0.15) is 50.5 Å². The van der Waals surface area contributed by atoms with Crippen molar-refractivity contribution < 1.29 is 19.4 Å². The Morgan fingerprint density at radius 1 is 1.22 bits per heavy atom. The average Bonchev–Trinajstić information content (AvgIpc) is 3.33. The lowest BCUT2D eigenvalue weighted by Crippen LogP contribution is -2.18. The Kier molecular flexibility index (Phi) is 5.21. The van der Waals surface area contributed by atoms with Crippen LogP contribution in [0.15, 0.2) is 24.3 Å². The van der Waals surface area contributed by atoms with Crippen molar-refractivity contribution in [2.24, 2.45) is 11.8 Å². The monoisotopic (exact) mass is 318 g/mol. The van der Waals surface area contributed by atoms with Gasteiger partial charge in [-0.1, -0.05) is 18.6 Å². The molecule has 2 saturated carbocycles. The first-order valence-electron chi connectivity index (χ1n) is 8.74. The largest absolute Gasteiger partial charge is 0.493 e. The first-order valence-corrected chi connectivity index (χ1v) is 8.74. The van der Waals surface area contributed by atoms with Crippen LogP contribution in [0.3, 0.4) is 0 Å². The van der Waals surface area contributed by atoms with Crippen LogP contribution >= 0.6 is 0 Å². The molecule has 0 aliphatic heterocycles. The molecule has 0 radical (unpaired) electrons. The van der Waals surface area contributed by atoms with Crippen LogP contribution in [0, 0.1) is 11.8 Å². The van der Waals surface area contributed by atoms with Crippen molar-refractivity contribution in [3.63, 3.8) is 0 Å². The first-order chi connectivity index (χ1) is 11.2. The number of carbonyl (C=O) groups is 1. The van der Waals surface area contributed by atoms with Crippen molar-refractivity contribution in [1.29, 1.82) is 0 Å². The molecule has 0 heterocycles. The van der Waals surface area contributed by atoms with E-state index in [0.717, 1.165) is 37.9 Å². The number of aliphatic hydroxyl groups is 1. The van der Waals surface area contributed by atoms with E-state index in [-0.39, 0.29) is 18.0 Å². The minimum atomic E-state index is -0.153. The van der Waals surface area contributed by atoms with E-state index < -0.39 is 0 Å². The summed E-state index contributed by atoms with van der Waals surface area (Å²) in [5.74, 6) is 1.54. The second-order valence-corrected chi connectivity index (χ2v) is 6.75. The molecule has 2 aliphatic rings. The summed E-state index contributed by atoms with van der Waals surface area (Å²) < 4.78 is 10.8. The molecule has 4 heteroatoms. The lowest BCUT2D eigenvalue weighted by molar-refractivity contribution is -0.145. The molecule has 23 heavy (non-hydrogen) atoms. The molecule has 2 unspecified atom stereocenters. The molecule has 2 aliphatic carbocycles. The highest BCUT2D eigenvalue weighted by Crippen LogP contribution is 2.40. The normalized spacial score (nSPS) is 29.8. The second-order valence-electron chi connectivity index (χ2n) is 6.75. The van der Waals surface area contributed by atoms with Gasteiger partial charge in [0, 0.05) is 5.92 Å². The van der Waals surface area contributed by atoms with Gasteiger partial charge < -0.3 is 14.6 Å². The Hall–Kier alpha value is -1.55. The third-order valence-corrected chi connectivity index (χ3v) is 4.97. The Morgan fingerprint density at radius 2 is 2.00 bits per heavy atom. The maximum Gasteiger partial charge on any atom is 0.309 e. The molecule has 0 bridgehead atoms. The number of esters is 1. The van der Waals surface area contributed by atoms with Crippen LogP contribution in [0.4, 0.5) is 0 Å². The van der Waals surface area contributed by atoms with Crippen LogP contribution < -0.4 is 4.74 Å². The van der Waals surface area contributed by atoms with E-state index in [4.69, 9.17) is 9.47 Å². The summed E-state index contributed by atoms with van der Waals surface area (Å²) in [7, 11) is 0. The third kappa shape index (κ3) is 4.25. The molecule has 1 aromatic carbocycles. The Balaban J connectivity index is 1.46. The quantitative estimate of drug-likeness (QED) is 0.818. The number of rotatable bonds is 6. The fourth-order valence-corrected chi connectivity index (χ4v) is 3.48. The van der Waals surface area contributed by atoms with Crippen molar-refractivity contribution in [1.82, 2.24) is 0 Å². The van der Waals surface area contributed by atoms with Crippen LogP contribution in [0.2, 0.25) is 0 Å². The van der Waals surface area contributed by atoms with E-state index in [1.807, 2.05) is 19.1 Å². The number of aliphatic hydroxyl groups excluding tert-OH is 1. The Morgan fingerprint density at radius 3 is 2.70 bits per heavy atom. The maximum absolute atomic E-state index is 11.6. The van der Waals surface area contributed by atoms with Crippen molar-refractivity contribution in [2.45, 2.75) is 51.0 Å². The molecule has 1 N–H and O–H groups in total. The lowest BCUT2D eigenvalue weighted by atomic mass is 9.82. The second kappa shape index (κ2) is 7.35. The number of benzene rings is 1. The van der Waals surface area contributed by atoms with Gasteiger partial charge in [0.15, 0.2) is 0 Å². The van der Waals surface area contributed by atoms with Crippen LogP contribution in [0.25, 0.3) is 0 Å². The van der Waals surface area contributed by atoms with Gasteiger partial charge in [-0.2, -0.15) is 0 Å². The van der Waals surface area contributed by atoms with Gasteiger partial charge in [0.1, 0.15) is 5.75 Å². The molecule has 1 aromatic rings. The summed E-state index contributed by atoms with van der Waals surface area (Å²) in [4.78, 5) is 11.6. The zero-order valence-electron chi connectivity index (χ0n) is 13.7. The number of ether oxygens (including phenoxy) is 2. The highest BCUT2D eigenvalue weighted by Gasteiger charge is 2.44. The Labute approximate surface area is 137 Å². The summed E-state index contributed by atoms with van der Waals surface area (Å²) in [6.45, 7) is 2.85. The van der Waals surface area contributed by atoms with Crippen molar-refractivity contribution in [2.75, 3.05) is 13.2 Å². The van der Waals surface area contributed by atoms with E-state index in [2.05, 4.69) is 12.1 Å². The highest BCUT2D eigenvalue weighted by molar-refractivity contribution is 5.75. The smallest absolute Gasteiger partial charge is 0.309 e. The zero-order chi connectivity index (χ0) is 16.2. The molecule has 0 aromatic heterocycles. The van der Waals surface area contributed by atoms with E-state index in [9.17, 15) is 9.90 Å². The minimum absolute atomic E-state index is 0.0259. The predicted molar refractivity (Wildman–Crippen MR) is 87.4 cm³/mol. The van der Waals surface area contributed by atoms with Gasteiger partial charge in [-0.15, -0.1) is 0 Å². The van der Waals surface area contributed by atoms with Gasteiger partial charge in [0.2, 0.25) is 0 Å². The molecular weight excluding hydrogens is 292 g/mol. The molecule has 4 atom stereocenters. The van der Waals surface area contributed by atoms with Gasteiger partial charge >= 0.3 is 5.97 Å². The molecule has 4 nitrogen and oxygen atoms in total. The molecule has 0 saturated heterocycles. The van der Waals surface area contributed by atoms with Gasteiger partial charge in [-0.25, -0.2) is 0 Å². The first kappa shape index (κ1) is 16.3. The van der Waals surface area contributed by atoms with Crippen LogP contribution in [0.5, 0.6) is 5.75 Å².